The van der Waals surface area contributed by atoms with Crippen LogP contribution in [-0.4, -0.2) is 30.6 Å². The number of carbonyl (C=O) groups excluding carboxylic acids is 1. The second-order valence-corrected chi connectivity index (χ2v) is 3.91. The lowest BCUT2D eigenvalue weighted by Gasteiger charge is -2.28. The van der Waals surface area contributed by atoms with Crippen molar-refractivity contribution in [3.8, 4) is 0 Å². The van der Waals surface area contributed by atoms with Gasteiger partial charge in [-0.3, -0.25) is 4.79 Å². The number of hydrogen-bond donors (Lipinski definition) is 2. The Morgan fingerprint density at radius 3 is 2.43 bits per heavy atom. The van der Waals surface area contributed by atoms with E-state index in [1.807, 2.05) is 13.8 Å². The lowest BCUT2D eigenvalue weighted by Crippen LogP contribution is -2.49. The van der Waals surface area contributed by atoms with Crippen LogP contribution in [0, 0.1) is 4.91 Å². The lowest BCUT2D eigenvalue weighted by atomic mass is 9.97. The van der Waals surface area contributed by atoms with E-state index < -0.39 is 0 Å². The van der Waals surface area contributed by atoms with Crippen LogP contribution in [-0.2, 0) is 4.79 Å². The van der Waals surface area contributed by atoms with E-state index in [4.69, 9.17) is 0 Å². The first kappa shape index (κ1) is 13.0. The maximum atomic E-state index is 10.6. The van der Waals surface area contributed by atoms with Gasteiger partial charge in [-0.05, 0) is 20.8 Å². The average molecular weight is 201 g/mol. The highest BCUT2D eigenvalue weighted by molar-refractivity contribution is 5.72. The Balaban J connectivity index is 3.76. The number of hydrogen-bond acceptors (Lipinski definition) is 4. The zero-order valence-electron chi connectivity index (χ0n) is 9.26. The predicted molar refractivity (Wildman–Crippen MR) is 56.0 cm³/mol. The number of nitrogens with zero attached hydrogens (tertiary/aromatic N) is 1. The highest BCUT2D eigenvalue weighted by Crippen LogP contribution is 2.10. The summed E-state index contributed by atoms with van der Waals surface area (Å²) in [7, 11) is 0. The van der Waals surface area contributed by atoms with Crippen molar-refractivity contribution in [2.45, 2.75) is 39.3 Å². The van der Waals surface area contributed by atoms with Gasteiger partial charge in [0.2, 0.25) is 5.91 Å². The quantitative estimate of drug-likeness (QED) is 0.489. The van der Waals surface area contributed by atoms with Crippen LogP contribution in [0.5, 0.6) is 0 Å². The number of rotatable bonds is 6. The molecule has 0 bridgehead atoms. The summed E-state index contributed by atoms with van der Waals surface area (Å²) in [5.74, 6) is -0.0498. The summed E-state index contributed by atoms with van der Waals surface area (Å²) in [5.41, 5.74) is -0.333. The van der Waals surface area contributed by atoms with E-state index in [1.54, 1.807) is 6.92 Å². The molecular weight excluding hydrogens is 182 g/mol. The molecule has 0 saturated heterocycles. The summed E-state index contributed by atoms with van der Waals surface area (Å²) in [6.45, 7) is 8.25. The normalized spacial score (nSPS) is 13.4. The molecule has 1 atom stereocenters. The molecule has 0 fully saturated rings. The summed E-state index contributed by atoms with van der Waals surface area (Å²) < 4.78 is 0. The van der Waals surface area contributed by atoms with Gasteiger partial charge in [-0.25, -0.2) is 0 Å². The smallest absolute Gasteiger partial charge is 0.216 e. The van der Waals surface area contributed by atoms with Crippen LogP contribution in [0.4, 0.5) is 0 Å². The highest BCUT2D eigenvalue weighted by atomic mass is 16.3. The van der Waals surface area contributed by atoms with Crippen LogP contribution in [0.3, 0.4) is 0 Å². The molecule has 0 aliphatic rings. The summed E-state index contributed by atoms with van der Waals surface area (Å²) in [6, 6.07) is -0.292. The van der Waals surface area contributed by atoms with Crippen LogP contribution in [0.1, 0.15) is 27.7 Å². The molecule has 0 aromatic rings. The second kappa shape index (κ2) is 5.70. The van der Waals surface area contributed by atoms with Crippen molar-refractivity contribution in [1.82, 2.24) is 10.6 Å². The fourth-order valence-corrected chi connectivity index (χ4v) is 0.903. The van der Waals surface area contributed by atoms with Gasteiger partial charge in [0, 0.05) is 25.6 Å². The fourth-order valence-electron chi connectivity index (χ4n) is 0.903. The maximum absolute atomic E-state index is 10.6. The van der Waals surface area contributed by atoms with Gasteiger partial charge < -0.3 is 10.6 Å². The Bertz CT molecular complexity index is 204. The van der Waals surface area contributed by atoms with E-state index in [1.165, 1.54) is 6.92 Å². The van der Waals surface area contributed by atoms with E-state index >= 15 is 0 Å². The van der Waals surface area contributed by atoms with E-state index in [9.17, 15) is 9.70 Å². The van der Waals surface area contributed by atoms with E-state index in [2.05, 4.69) is 15.8 Å². The molecule has 0 aliphatic carbocycles. The SMILES string of the molecule is CC(=O)NCCNC(C)(C)C(C)N=O. The maximum Gasteiger partial charge on any atom is 0.216 e. The first-order chi connectivity index (χ1) is 6.40. The molecule has 0 saturated carbocycles. The van der Waals surface area contributed by atoms with Crippen LogP contribution in [0.2, 0.25) is 0 Å². The van der Waals surface area contributed by atoms with E-state index in [0.717, 1.165) is 0 Å². The van der Waals surface area contributed by atoms with Crippen molar-refractivity contribution >= 4 is 5.91 Å². The van der Waals surface area contributed by atoms with Crippen LogP contribution in [0.15, 0.2) is 5.18 Å². The van der Waals surface area contributed by atoms with Crippen LogP contribution < -0.4 is 10.6 Å². The third-order valence-electron chi connectivity index (χ3n) is 2.28. The van der Waals surface area contributed by atoms with Crippen LogP contribution >= 0.6 is 0 Å². The van der Waals surface area contributed by atoms with Crippen molar-refractivity contribution < 1.29 is 4.79 Å². The summed E-state index contributed by atoms with van der Waals surface area (Å²) in [5, 5.41) is 8.80. The van der Waals surface area contributed by atoms with Crippen LogP contribution in [0.25, 0.3) is 0 Å². The Labute approximate surface area is 84.6 Å². The van der Waals surface area contributed by atoms with Gasteiger partial charge >= 0.3 is 0 Å². The van der Waals surface area contributed by atoms with Gasteiger partial charge in [0.1, 0.15) is 6.04 Å². The topological polar surface area (TPSA) is 70.6 Å². The van der Waals surface area contributed by atoms with Crippen molar-refractivity contribution in [3.63, 3.8) is 0 Å². The number of nitrogens with one attached hydrogen (secondary N) is 2. The van der Waals surface area contributed by atoms with Gasteiger partial charge in [0.25, 0.3) is 0 Å². The lowest BCUT2D eigenvalue weighted by molar-refractivity contribution is -0.118. The molecule has 0 rings (SSSR count). The standard InChI is InChI=1S/C9H19N3O2/c1-7(12-14)9(3,4)11-6-5-10-8(2)13/h7,11H,5-6H2,1-4H3,(H,10,13). The van der Waals surface area contributed by atoms with Gasteiger partial charge in [0.05, 0.1) is 0 Å². The van der Waals surface area contributed by atoms with Gasteiger partial charge in [0.15, 0.2) is 0 Å². The third-order valence-corrected chi connectivity index (χ3v) is 2.28. The predicted octanol–water partition coefficient (Wildman–Crippen LogP) is 0.646. The molecule has 5 heteroatoms. The minimum Gasteiger partial charge on any atom is -0.355 e. The molecule has 0 spiro atoms. The Morgan fingerprint density at radius 1 is 1.43 bits per heavy atom. The molecule has 1 amide bonds. The minimum absolute atomic E-state index is 0.0498. The molecule has 0 aromatic carbocycles. The van der Waals surface area contributed by atoms with E-state index in [0.29, 0.717) is 13.1 Å². The Kier molecular flexibility index (Phi) is 5.30. The Morgan fingerprint density at radius 2 is 2.00 bits per heavy atom. The average Bonchev–Trinajstić information content (AvgIpc) is 2.10. The number of nitroso groups, excluding NO2 is 1. The zero-order valence-corrected chi connectivity index (χ0v) is 9.26. The first-order valence-electron chi connectivity index (χ1n) is 4.72. The van der Waals surface area contributed by atoms with Gasteiger partial charge in [-0.1, -0.05) is 5.18 Å². The van der Waals surface area contributed by atoms with E-state index in [-0.39, 0.29) is 17.5 Å². The second-order valence-electron chi connectivity index (χ2n) is 3.91. The molecular formula is C9H19N3O2. The molecule has 14 heavy (non-hydrogen) atoms. The first-order valence-corrected chi connectivity index (χ1v) is 4.72. The molecule has 0 aromatic heterocycles. The summed E-state index contributed by atoms with van der Waals surface area (Å²) in [6.07, 6.45) is 0. The molecule has 5 nitrogen and oxygen atoms in total. The Hall–Kier alpha value is -0.970. The highest BCUT2D eigenvalue weighted by Gasteiger charge is 2.25. The number of amides is 1. The van der Waals surface area contributed by atoms with Crippen molar-refractivity contribution in [2.24, 2.45) is 5.18 Å². The molecule has 0 aliphatic heterocycles. The summed E-state index contributed by atoms with van der Waals surface area (Å²) in [4.78, 5) is 20.9. The molecule has 2 N–H and O–H groups in total. The molecule has 1 unspecified atom stereocenters. The van der Waals surface area contributed by atoms with Gasteiger partial charge in [-0.15, -0.1) is 0 Å². The third kappa shape index (κ3) is 4.91. The van der Waals surface area contributed by atoms with Crippen molar-refractivity contribution in [1.29, 1.82) is 0 Å². The molecule has 82 valence electrons. The van der Waals surface area contributed by atoms with Crippen molar-refractivity contribution in [2.75, 3.05) is 13.1 Å². The monoisotopic (exact) mass is 201 g/mol. The molecule has 0 radical (unpaired) electrons. The zero-order chi connectivity index (χ0) is 11.2. The summed E-state index contributed by atoms with van der Waals surface area (Å²) >= 11 is 0. The fraction of sp³-hybridized carbons (Fsp3) is 0.889. The minimum atomic E-state index is -0.333. The van der Waals surface area contributed by atoms with Crippen molar-refractivity contribution in [3.05, 3.63) is 4.91 Å². The largest absolute Gasteiger partial charge is 0.355 e. The molecule has 0 heterocycles. The number of carbonyl (C=O) groups is 1. The van der Waals surface area contributed by atoms with Gasteiger partial charge in [-0.2, -0.15) is 4.91 Å².